The van der Waals surface area contributed by atoms with Gasteiger partial charge in [-0.25, -0.2) is 4.98 Å². The van der Waals surface area contributed by atoms with Gasteiger partial charge in [-0.3, -0.25) is 4.79 Å². The van der Waals surface area contributed by atoms with Crippen LogP contribution in [0.1, 0.15) is 18.2 Å². The molecule has 0 saturated carbocycles. The molecule has 23 heavy (non-hydrogen) atoms. The highest BCUT2D eigenvalue weighted by molar-refractivity contribution is 8.00. The molecule has 1 heterocycles. The van der Waals surface area contributed by atoms with Crippen LogP contribution in [0.15, 0.2) is 34.0 Å². The molecule has 0 spiro atoms. The lowest BCUT2D eigenvalue weighted by molar-refractivity contribution is -0.121. The Labute approximate surface area is 149 Å². The summed E-state index contributed by atoms with van der Waals surface area (Å²) in [6, 6.07) is 7.08. The maximum Gasteiger partial charge on any atom is 0.226 e. The Bertz CT molecular complexity index is 631. The Morgan fingerprint density at radius 3 is 2.83 bits per heavy atom. The number of hydrogen-bond donors (Lipinski definition) is 2. The number of nitrogens with one attached hydrogen (secondary N) is 1. The highest BCUT2D eigenvalue weighted by Crippen LogP contribution is 2.22. The molecule has 0 aliphatic heterocycles. The summed E-state index contributed by atoms with van der Waals surface area (Å²) < 4.78 is 0.982. The molecule has 7 heteroatoms. The summed E-state index contributed by atoms with van der Waals surface area (Å²) >= 11 is 9.08. The van der Waals surface area contributed by atoms with E-state index in [0.29, 0.717) is 11.4 Å². The van der Waals surface area contributed by atoms with E-state index in [1.807, 2.05) is 17.5 Å². The number of aliphatic hydroxyl groups excluding tert-OH is 1. The second-order valence-electron chi connectivity index (χ2n) is 4.99. The Balaban J connectivity index is 1.87. The number of rotatable bonds is 8. The van der Waals surface area contributed by atoms with Crippen molar-refractivity contribution in [2.24, 2.45) is 0 Å². The maximum atomic E-state index is 12.1. The lowest BCUT2D eigenvalue weighted by Gasteiger charge is -2.16. The van der Waals surface area contributed by atoms with E-state index in [0.717, 1.165) is 21.3 Å². The van der Waals surface area contributed by atoms with Crippen LogP contribution in [0.25, 0.3) is 0 Å². The Morgan fingerprint density at radius 1 is 1.43 bits per heavy atom. The normalized spacial score (nSPS) is 12.1. The fourth-order valence-electron chi connectivity index (χ4n) is 2.07. The molecule has 0 aliphatic rings. The molecule has 2 N–H and O–H groups in total. The van der Waals surface area contributed by atoms with Crippen LogP contribution >= 0.6 is 34.7 Å². The van der Waals surface area contributed by atoms with Crippen molar-refractivity contribution in [1.29, 1.82) is 0 Å². The molecular weight excluding hydrogens is 352 g/mol. The van der Waals surface area contributed by atoms with Crippen molar-refractivity contribution in [3.8, 4) is 0 Å². The zero-order chi connectivity index (χ0) is 16.7. The number of hydrogen-bond acceptors (Lipinski definition) is 5. The third-order valence-electron chi connectivity index (χ3n) is 3.12. The number of benzene rings is 1. The van der Waals surface area contributed by atoms with E-state index in [-0.39, 0.29) is 25.0 Å². The largest absolute Gasteiger partial charge is 0.394 e. The second-order valence-corrected chi connectivity index (χ2v) is 7.80. The molecule has 0 aliphatic carbocycles. The lowest BCUT2D eigenvalue weighted by atomic mass is 10.1. The number of aromatic nitrogens is 1. The number of thioether (sulfide) groups is 1. The average molecular weight is 371 g/mol. The quantitative estimate of drug-likeness (QED) is 0.700. The molecule has 0 saturated heterocycles. The van der Waals surface area contributed by atoms with Gasteiger partial charge in [0.1, 0.15) is 4.34 Å². The van der Waals surface area contributed by atoms with Gasteiger partial charge in [-0.15, -0.1) is 11.3 Å². The van der Waals surface area contributed by atoms with Crippen molar-refractivity contribution in [2.45, 2.75) is 30.1 Å². The summed E-state index contributed by atoms with van der Waals surface area (Å²) in [4.78, 5) is 16.5. The van der Waals surface area contributed by atoms with E-state index in [9.17, 15) is 9.90 Å². The summed E-state index contributed by atoms with van der Waals surface area (Å²) in [5.41, 5.74) is 1.79. The third-order valence-corrected chi connectivity index (χ3v) is 5.32. The van der Waals surface area contributed by atoms with E-state index in [4.69, 9.17) is 11.6 Å². The summed E-state index contributed by atoms with van der Waals surface area (Å²) in [6.07, 6.45) is 0.797. The van der Waals surface area contributed by atoms with Crippen molar-refractivity contribution in [3.63, 3.8) is 0 Å². The van der Waals surface area contributed by atoms with E-state index >= 15 is 0 Å². The predicted octanol–water partition coefficient (Wildman–Crippen LogP) is 3.17. The van der Waals surface area contributed by atoms with Gasteiger partial charge in [-0.2, -0.15) is 0 Å². The molecule has 1 amide bonds. The van der Waals surface area contributed by atoms with Gasteiger partial charge in [0.2, 0.25) is 5.91 Å². The van der Waals surface area contributed by atoms with Crippen LogP contribution in [-0.4, -0.2) is 34.4 Å². The van der Waals surface area contributed by atoms with Crippen LogP contribution in [-0.2, 0) is 17.6 Å². The molecule has 0 fully saturated rings. The molecular formula is C16H19ClN2O2S2. The number of halogens is 1. The third kappa shape index (κ3) is 6.14. The molecule has 4 nitrogen and oxygen atoms in total. The Kier molecular flexibility index (Phi) is 7.36. The lowest BCUT2D eigenvalue weighted by Crippen LogP contribution is -2.39. The second kappa shape index (κ2) is 9.27. The standard InChI is InChI=1S/C16H19ClN2O2S2/c1-2-22-16-19-14(10-23-16)8-15(21)18-13(9-20)7-11-3-5-12(17)6-4-11/h3-6,10,13,20H,2,7-9H2,1H3,(H,18,21)/t13-/m0/s1. The van der Waals surface area contributed by atoms with Gasteiger partial charge >= 0.3 is 0 Å². The van der Waals surface area contributed by atoms with Crippen LogP contribution in [0, 0.1) is 0 Å². The van der Waals surface area contributed by atoms with E-state index in [2.05, 4.69) is 17.2 Å². The van der Waals surface area contributed by atoms with Gasteiger partial charge in [0.15, 0.2) is 0 Å². The van der Waals surface area contributed by atoms with Gasteiger partial charge in [-0.05, 0) is 29.9 Å². The van der Waals surface area contributed by atoms with Crippen LogP contribution in [0.3, 0.4) is 0 Å². The summed E-state index contributed by atoms with van der Waals surface area (Å²) in [6.45, 7) is 1.96. The summed E-state index contributed by atoms with van der Waals surface area (Å²) in [5, 5.41) is 14.9. The fraction of sp³-hybridized carbons (Fsp3) is 0.375. The van der Waals surface area contributed by atoms with E-state index in [1.165, 1.54) is 0 Å². The van der Waals surface area contributed by atoms with Crippen molar-refractivity contribution < 1.29 is 9.90 Å². The first-order chi connectivity index (χ1) is 11.1. The molecule has 0 unspecified atom stereocenters. The minimum absolute atomic E-state index is 0.109. The van der Waals surface area contributed by atoms with E-state index < -0.39 is 0 Å². The Morgan fingerprint density at radius 2 is 2.17 bits per heavy atom. The van der Waals surface area contributed by atoms with Gasteiger partial charge in [-0.1, -0.05) is 42.4 Å². The maximum absolute atomic E-state index is 12.1. The van der Waals surface area contributed by atoms with Gasteiger partial charge in [0.05, 0.1) is 24.8 Å². The first kappa shape index (κ1) is 18.3. The van der Waals surface area contributed by atoms with Crippen molar-refractivity contribution >= 4 is 40.6 Å². The van der Waals surface area contributed by atoms with Gasteiger partial charge < -0.3 is 10.4 Å². The SMILES string of the molecule is CCSc1nc(CC(=O)N[C@H](CO)Cc2ccc(Cl)cc2)cs1. The van der Waals surface area contributed by atoms with Gasteiger partial charge in [0, 0.05) is 10.4 Å². The van der Waals surface area contributed by atoms with Crippen molar-refractivity contribution in [1.82, 2.24) is 10.3 Å². The predicted molar refractivity (Wildman–Crippen MR) is 96.4 cm³/mol. The number of carbonyl (C=O) groups is 1. The minimum Gasteiger partial charge on any atom is -0.394 e. The van der Waals surface area contributed by atoms with Crippen LogP contribution in [0.5, 0.6) is 0 Å². The molecule has 1 atom stereocenters. The van der Waals surface area contributed by atoms with Crippen molar-refractivity contribution in [3.05, 3.63) is 45.9 Å². The number of aliphatic hydroxyl groups is 1. The Hall–Kier alpha value is -1.08. The van der Waals surface area contributed by atoms with Crippen LogP contribution in [0.4, 0.5) is 0 Å². The molecule has 0 radical (unpaired) electrons. The first-order valence-corrected chi connectivity index (χ1v) is 9.57. The molecule has 1 aromatic heterocycles. The molecule has 2 aromatic rings. The number of carbonyl (C=O) groups excluding carboxylic acids is 1. The highest BCUT2D eigenvalue weighted by Gasteiger charge is 2.14. The average Bonchev–Trinajstić information content (AvgIpc) is 2.96. The monoisotopic (exact) mass is 370 g/mol. The zero-order valence-corrected chi connectivity index (χ0v) is 15.2. The first-order valence-electron chi connectivity index (χ1n) is 7.32. The van der Waals surface area contributed by atoms with Crippen LogP contribution < -0.4 is 5.32 Å². The molecule has 0 bridgehead atoms. The fourth-order valence-corrected chi connectivity index (χ4v) is 3.94. The van der Waals surface area contributed by atoms with Gasteiger partial charge in [0.25, 0.3) is 0 Å². The number of nitrogens with zero attached hydrogens (tertiary/aromatic N) is 1. The topological polar surface area (TPSA) is 62.2 Å². The molecule has 2 rings (SSSR count). The minimum atomic E-state index is -0.313. The van der Waals surface area contributed by atoms with Crippen LogP contribution in [0.2, 0.25) is 5.02 Å². The summed E-state index contributed by atoms with van der Waals surface area (Å²) in [5.74, 6) is 0.837. The smallest absolute Gasteiger partial charge is 0.226 e. The number of amides is 1. The number of thiazole rings is 1. The van der Waals surface area contributed by atoms with E-state index in [1.54, 1.807) is 35.2 Å². The summed E-state index contributed by atoms with van der Waals surface area (Å²) in [7, 11) is 0. The molecule has 124 valence electrons. The molecule has 1 aromatic carbocycles. The van der Waals surface area contributed by atoms with Crippen molar-refractivity contribution in [2.75, 3.05) is 12.4 Å². The highest BCUT2D eigenvalue weighted by atomic mass is 35.5. The zero-order valence-electron chi connectivity index (χ0n) is 12.8.